The van der Waals surface area contributed by atoms with E-state index in [0.29, 0.717) is 30.6 Å². The maximum Gasteiger partial charge on any atom is 0.324 e. The van der Waals surface area contributed by atoms with Gasteiger partial charge in [-0.05, 0) is 29.5 Å². The highest BCUT2D eigenvalue weighted by Crippen LogP contribution is 2.23. The molecule has 1 N–H and O–H groups in total. The lowest BCUT2D eigenvalue weighted by Gasteiger charge is -2.16. The van der Waals surface area contributed by atoms with Crippen LogP contribution in [-0.2, 0) is 11.3 Å². The third-order valence-electron chi connectivity index (χ3n) is 3.14. The van der Waals surface area contributed by atoms with Crippen molar-refractivity contribution >= 4 is 23.7 Å². The molecule has 1 atom stereocenters. The summed E-state index contributed by atoms with van der Waals surface area (Å²) in [5.41, 5.74) is 0. The van der Waals surface area contributed by atoms with Crippen molar-refractivity contribution in [3.05, 3.63) is 24.2 Å². The first-order chi connectivity index (χ1) is 10.6. The first-order valence-corrected chi connectivity index (χ1v) is 7.57. The number of amides is 3. The Bertz CT molecular complexity index is 670. The van der Waals surface area contributed by atoms with Gasteiger partial charge >= 0.3 is 6.03 Å². The predicted octanol–water partition coefficient (Wildman–Crippen LogP) is 0.347. The SMILES string of the molecule is CC(Sc1nnnn1Cc1ccco1)C(=O)N1CCNC1=O. The number of furan rings is 1. The molecular formula is C12H14N6O3S. The van der Waals surface area contributed by atoms with Crippen LogP contribution in [0, 0.1) is 0 Å². The Morgan fingerprint density at radius 2 is 2.45 bits per heavy atom. The minimum atomic E-state index is -0.467. The van der Waals surface area contributed by atoms with E-state index in [2.05, 4.69) is 20.8 Å². The minimum Gasteiger partial charge on any atom is -0.467 e. The quantitative estimate of drug-likeness (QED) is 0.791. The number of imide groups is 1. The zero-order valence-electron chi connectivity index (χ0n) is 11.8. The Hall–Kier alpha value is -2.36. The Kier molecular flexibility index (Phi) is 4.09. The number of carbonyl (C=O) groups is 2. The molecule has 2 aromatic rings. The van der Waals surface area contributed by atoms with Crippen molar-refractivity contribution in [3.63, 3.8) is 0 Å². The number of tetrazole rings is 1. The van der Waals surface area contributed by atoms with Crippen LogP contribution in [0.3, 0.4) is 0 Å². The molecule has 1 saturated heterocycles. The van der Waals surface area contributed by atoms with Crippen molar-refractivity contribution in [2.45, 2.75) is 23.9 Å². The monoisotopic (exact) mass is 322 g/mol. The van der Waals surface area contributed by atoms with Crippen LogP contribution in [0.1, 0.15) is 12.7 Å². The molecule has 10 heteroatoms. The molecule has 0 radical (unpaired) electrons. The third-order valence-corrected chi connectivity index (χ3v) is 4.20. The minimum absolute atomic E-state index is 0.257. The van der Waals surface area contributed by atoms with E-state index in [4.69, 9.17) is 4.42 Å². The molecular weight excluding hydrogens is 308 g/mol. The van der Waals surface area contributed by atoms with E-state index >= 15 is 0 Å². The maximum absolute atomic E-state index is 12.3. The molecule has 22 heavy (non-hydrogen) atoms. The number of nitrogens with zero attached hydrogens (tertiary/aromatic N) is 5. The molecule has 1 fully saturated rings. The van der Waals surface area contributed by atoms with Gasteiger partial charge in [-0.1, -0.05) is 11.8 Å². The predicted molar refractivity (Wildman–Crippen MR) is 76.1 cm³/mol. The van der Waals surface area contributed by atoms with Gasteiger partial charge in [0.2, 0.25) is 11.1 Å². The fourth-order valence-electron chi connectivity index (χ4n) is 2.04. The fourth-order valence-corrected chi connectivity index (χ4v) is 2.89. The molecule has 0 spiro atoms. The van der Waals surface area contributed by atoms with Crippen molar-refractivity contribution in [2.24, 2.45) is 0 Å². The number of nitrogens with one attached hydrogen (secondary N) is 1. The number of hydrogen-bond donors (Lipinski definition) is 1. The molecule has 9 nitrogen and oxygen atoms in total. The normalized spacial score (nSPS) is 15.9. The summed E-state index contributed by atoms with van der Waals surface area (Å²) in [4.78, 5) is 25.0. The van der Waals surface area contributed by atoms with E-state index < -0.39 is 5.25 Å². The average Bonchev–Trinajstić information content (AvgIpc) is 3.22. The molecule has 0 saturated carbocycles. The molecule has 1 unspecified atom stereocenters. The van der Waals surface area contributed by atoms with Crippen molar-refractivity contribution in [3.8, 4) is 0 Å². The Morgan fingerprint density at radius 3 is 3.14 bits per heavy atom. The molecule has 2 aromatic heterocycles. The van der Waals surface area contributed by atoms with E-state index in [1.165, 1.54) is 16.7 Å². The van der Waals surface area contributed by atoms with Crippen LogP contribution in [-0.4, -0.2) is 55.4 Å². The van der Waals surface area contributed by atoms with Gasteiger partial charge < -0.3 is 9.73 Å². The molecule has 0 bridgehead atoms. The number of thioether (sulfide) groups is 1. The Labute approximate surface area is 130 Å². The molecule has 3 rings (SSSR count). The average molecular weight is 322 g/mol. The van der Waals surface area contributed by atoms with Crippen molar-refractivity contribution in [1.82, 2.24) is 30.4 Å². The zero-order valence-corrected chi connectivity index (χ0v) is 12.6. The van der Waals surface area contributed by atoms with Crippen LogP contribution in [0.2, 0.25) is 0 Å². The Morgan fingerprint density at radius 1 is 1.59 bits per heavy atom. The maximum atomic E-state index is 12.3. The van der Waals surface area contributed by atoms with Crippen LogP contribution < -0.4 is 5.32 Å². The largest absolute Gasteiger partial charge is 0.467 e. The molecule has 0 aromatic carbocycles. The number of carbonyl (C=O) groups excluding carboxylic acids is 2. The highest BCUT2D eigenvalue weighted by atomic mass is 32.2. The third kappa shape index (κ3) is 2.96. The first-order valence-electron chi connectivity index (χ1n) is 6.69. The van der Waals surface area contributed by atoms with E-state index in [1.54, 1.807) is 23.9 Å². The van der Waals surface area contributed by atoms with E-state index in [-0.39, 0.29) is 11.9 Å². The molecule has 1 aliphatic rings. The van der Waals surface area contributed by atoms with Gasteiger partial charge in [0.25, 0.3) is 0 Å². The van der Waals surface area contributed by atoms with Crippen LogP contribution in [0.5, 0.6) is 0 Å². The number of aromatic nitrogens is 4. The number of hydrogen-bond acceptors (Lipinski definition) is 7. The van der Waals surface area contributed by atoms with Gasteiger partial charge in [-0.15, -0.1) is 5.10 Å². The lowest BCUT2D eigenvalue weighted by atomic mass is 10.4. The van der Waals surface area contributed by atoms with Crippen molar-refractivity contribution in [1.29, 1.82) is 0 Å². The molecule has 3 amide bonds. The van der Waals surface area contributed by atoms with Gasteiger partial charge in [0.1, 0.15) is 12.3 Å². The van der Waals surface area contributed by atoms with Crippen LogP contribution in [0.4, 0.5) is 4.79 Å². The first kappa shape index (κ1) is 14.6. The molecule has 116 valence electrons. The second-order valence-corrected chi connectivity index (χ2v) is 5.99. The summed E-state index contributed by atoms with van der Waals surface area (Å²) in [6.45, 7) is 2.98. The van der Waals surface area contributed by atoms with Gasteiger partial charge in [0.05, 0.1) is 11.5 Å². The van der Waals surface area contributed by atoms with E-state index in [1.807, 2.05) is 6.07 Å². The van der Waals surface area contributed by atoms with Crippen LogP contribution >= 0.6 is 11.8 Å². The van der Waals surface area contributed by atoms with Crippen LogP contribution in [0.15, 0.2) is 28.0 Å². The van der Waals surface area contributed by atoms with Gasteiger partial charge in [-0.2, -0.15) is 0 Å². The summed E-state index contributed by atoms with van der Waals surface area (Å²) < 4.78 is 6.81. The summed E-state index contributed by atoms with van der Waals surface area (Å²) in [5, 5.41) is 14.1. The smallest absolute Gasteiger partial charge is 0.324 e. The van der Waals surface area contributed by atoms with Gasteiger partial charge in [-0.3, -0.25) is 9.69 Å². The topological polar surface area (TPSA) is 106 Å². The lowest BCUT2D eigenvalue weighted by Crippen LogP contribution is -2.39. The lowest BCUT2D eigenvalue weighted by molar-refractivity contribution is -0.126. The van der Waals surface area contributed by atoms with Gasteiger partial charge in [0.15, 0.2) is 0 Å². The standard InChI is InChI=1S/C12H14N6O3S/c1-8(10(19)17-5-4-13-11(17)20)22-12-14-15-16-18(12)7-9-3-2-6-21-9/h2-3,6,8H,4-5,7H2,1H3,(H,13,20). The summed E-state index contributed by atoms with van der Waals surface area (Å²) >= 11 is 1.21. The van der Waals surface area contributed by atoms with Crippen LogP contribution in [0.25, 0.3) is 0 Å². The van der Waals surface area contributed by atoms with E-state index in [9.17, 15) is 9.59 Å². The zero-order chi connectivity index (χ0) is 15.5. The summed E-state index contributed by atoms with van der Waals surface area (Å²) in [6.07, 6.45) is 1.57. The van der Waals surface area contributed by atoms with Crippen molar-refractivity contribution < 1.29 is 14.0 Å². The highest BCUT2D eigenvalue weighted by molar-refractivity contribution is 8.00. The molecule has 0 aliphatic carbocycles. The number of rotatable bonds is 5. The molecule has 3 heterocycles. The Balaban J connectivity index is 1.66. The summed E-state index contributed by atoms with van der Waals surface area (Å²) in [7, 11) is 0. The molecule has 1 aliphatic heterocycles. The summed E-state index contributed by atoms with van der Waals surface area (Å²) in [6, 6.07) is 3.25. The van der Waals surface area contributed by atoms with Gasteiger partial charge in [0, 0.05) is 13.1 Å². The van der Waals surface area contributed by atoms with Crippen molar-refractivity contribution in [2.75, 3.05) is 13.1 Å². The number of urea groups is 1. The second kappa shape index (κ2) is 6.18. The van der Waals surface area contributed by atoms with Gasteiger partial charge in [-0.25, -0.2) is 9.48 Å². The fraction of sp³-hybridized carbons (Fsp3) is 0.417. The summed E-state index contributed by atoms with van der Waals surface area (Å²) in [5.74, 6) is 0.458. The highest BCUT2D eigenvalue weighted by Gasteiger charge is 2.31. The van der Waals surface area contributed by atoms with E-state index in [0.717, 1.165) is 0 Å². The second-order valence-electron chi connectivity index (χ2n) is 4.68.